The van der Waals surface area contributed by atoms with Crippen molar-refractivity contribution in [2.45, 2.75) is 25.8 Å². The van der Waals surface area contributed by atoms with Gasteiger partial charge in [0, 0.05) is 18.3 Å². The van der Waals surface area contributed by atoms with Crippen LogP contribution < -0.4 is 4.90 Å². The van der Waals surface area contributed by atoms with Gasteiger partial charge in [0.05, 0.1) is 6.54 Å². The molecule has 2 heterocycles. The van der Waals surface area contributed by atoms with Gasteiger partial charge in [-0.15, -0.1) is 0 Å². The number of rotatable bonds is 2. The van der Waals surface area contributed by atoms with Gasteiger partial charge in [-0.25, -0.2) is 4.98 Å². The van der Waals surface area contributed by atoms with Gasteiger partial charge in [-0.1, -0.05) is 35.9 Å². The van der Waals surface area contributed by atoms with Crippen molar-refractivity contribution in [2.75, 3.05) is 4.90 Å². The molecule has 2 aromatic rings. The minimum absolute atomic E-state index is 0.171. The Morgan fingerprint density at radius 1 is 1.15 bits per heavy atom. The molecule has 4 heteroatoms. The van der Waals surface area contributed by atoms with Crippen molar-refractivity contribution in [1.29, 1.82) is 0 Å². The largest absolute Gasteiger partial charge is 0.308 e. The van der Waals surface area contributed by atoms with Crippen LogP contribution in [0.25, 0.3) is 0 Å². The summed E-state index contributed by atoms with van der Waals surface area (Å²) in [5.41, 5.74) is 3.24. The Morgan fingerprint density at radius 3 is 2.80 bits per heavy atom. The second-order valence-corrected chi connectivity index (χ2v) is 5.34. The summed E-state index contributed by atoms with van der Waals surface area (Å²) < 4.78 is 0. The van der Waals surface area contributed by atoms with Crippen molar-refractivity contribution in [2.24, 2.45) is 0 Å². The van der Waals surface area contributed by atoms with Crippen LogP contribution in [0.3, 0.4) is 0 Å². The van der Waals surface area contributed by atoms with Gasteiger partial charge in [0.15, 0.2) is 0 Å². The Hall–Kier alpha value is -1.87. The third-order valence-electron chi connectivity index (χ3n) is 3.55. The highest BCUT2D eigenvalue weighted by Gasteiger charge is 2.21. The monoisotopic (exact) mass is 286 g/mol. The summed E-state index contributed by atoms with van der Waals surface area (Å²) in [6, 6.07) is 11.8. The number of hydrogen-bond donors (Lipinski definition) is 0. The topological polar surface area (TPSA) is 33.2 Å². The highest BCUT2D eigenvalue weighted by atomic mass is 35.5. The summed E-state index contributed by atoms with van der Waals surface area (Å²) in [5.74, 6) is 0.171. The van der Waals surface area contributed by atoms with Crippen LogP contribution >= 0.6 is 11.6 Å². The van der Waals surface area contributed by atoms with Crippen LogP contribution in [0.4, 0.5) is 5.69 Å². The molecule has 0 fully saturated rings. The summed E-state index contributed by atoms with van der Waals surface area (Å²) in [6.45, 7) is 0.542. The summed E-state index contributed by atoms with van der Waals surface area (Å²) in [7, 11) is 0. The summed E-state index contributed by atoms with van der Waals surface area (Å²) in [5, 5.41) is 0.469. The summed E-state index contributed by atoms with van der Waals surface area (Å²) in [6.07, 6.45) is 4.18. The Kier molecular flexibility index (Phi) is 3.70. The normalized spacial score (nSPS) is 14.8. The molecule has 0 atom stereocenters. The zero-order chi connectivity index (χ0) is 13.9. The van der Waals surface area contributed by atoms with Crippen molar-refractivity contribution in [3.63, 3.8) is 0 Å². The molecule has 1 aliphatic rings. The Labute approximate surface area is 123 Å². The molecular weight excluding hydrogens is 272 g/mol. The van der Waals surface area contributed by atoms with E-state index in [9.17, 15) is 4.79 Å². The quantitative estimate of drug-likeness (QED) is 0.790. The smallest absolute Gasteiger partial charge is 0.227 e. The van der Waals surface area contributed by atoms with Gasteiger partial charge in [0.25, 0.3) is 0 Å². The first-order chi connectivity index (χ1) is 9.74. The minimum atomic E-state index is 0.171. The third-order valence-corrected chi connectivity index (χ3v) is 3.77. The Morgan fingerprint density at radius 2 is 2.00 bits per heavy atom. The van der Waals surface area contributed by atoms with Crippen molar-refractivity contribution >= 4 is 23.2 Å². The Balaban J connectivity index is 1.94. The van der Waals surface area contributed by atoms with Gasteiger partial charge in [-0.2, -0.15) is 0 Å². The van der Waals surface area contributed by atoms with E-state index in [4.69, 9.17) is 11.6 Å². The molecule has 20 heavy (non-hydrogen) atoms. The lowest BCUT2D eigenvalue weighted by molar-refractivity contribution is -0.118. The molecule has 0 N–H and O–H groups in total. The predicted molar refractivity (Wildman–Crippen MR) is 79.8 cm³/mol. The number of fused-ring (bicyclic) bond motifs is 1. The fraction of sp³-hybridized carbons (Fsp3) is 0.250. The van der Waals surface area contributed by atoms with Crippen LogP contribution in [0, 0.1) is 0 Å². The van der Waals surface area contributed by atoms with Crippen LogP contribution in [0.1, 0.15) is 24.0 Å². The zero-order valence-corrected chi connectivity index (χ0v) is 11.8. The van der Waals surface area contributed by atoms with E-state index in [1.807, 2.05) is 29.2 Å². The number of benzene rings is 1. The standard InChI is InChI=1S/C16H15ClN2O/c17-15-9-8-12(10-18-15)11-19-14-6-2-1-4-13(14)5-3-7-16(19)20/h1-2,4,6,8-10H,3,5,7,11H2. The number of carbonyl (C=O) groups is 1. The molecule has 0 spiro atoms. The summed E-state index contributed by atoms with van der Waals surface area (Å²) >= 11 is 5.80. The highest BCUT2D eigenvalue weighted by Crippen LogP contribution is 2.28. The molecule has 3 nitrogen and oxygen atoms in total. The fourth-order valence-corrected chi connectivity index (χ4v) is 2.65. The number of hydrogen-bond acceptors (Lipinski definition) is 2. The fourth-order valence-electron chi connectivity index (χ4n) is 2.54. The maximum absolute atomic E-state index is 12.3. The maximum atomic E-state index is 12.3. The average molecular weight is 287 g/mol. The van der Waals surface area contributed by atoms with Gasteiger partial charge in [-0.3, -0.25) is 4.79 Å². The number of carbonyl (C=O) groups excluding carboxylic acids is 1. The van der Waals surface area contributed by atoms with E-state index in [-0.39, 0.29) is 5.91 Å². The lowest BCUT2D eigenvalue weighted by atomic mass is 10.1. The van der Waals surface area contributed by atoms with Crippen molar-refractivity contribution < 1.29 is 4.79 Å². The van der Waals surface area contributed by atoms with E-state index in [1.54, 1.807) is 12.3 Å². The second-order valence-electron chi connectivity index (χ2n) is 4.95. The van der Waals surface area contributed by atoms with Crippen LogP contribution in [-0.2, 0) is 17.8 Å². The summed E-state index contributed by atoms with van der Waals surface area (Å²) in [4.78, 5) is 18.3. The number of pyridine rings is 1. The van der Waals surface area contributed by atoms with Gasteiger partial charge < -0.3 is 4.90 Å². The number of nitrogens with zero attached hydrogens (tertiary/aromatic N) is 2. The first-order valence-corrected chi connectivity index (χ1v) is 7.10. The van der Waals surface area contributed by atoms with Crippen LogP contribution in [0.5, 0.6) is 0 Å². The van der Waals surface area contributed by atoms with Crippen LogP contribution in [0.15, 0.2) is 42.6 Å². The molecule has 1 aliphatic heterocycles. The number of anilines is 1. The number of para-hydroxylation sites is 1. The molecule has 0 radical (unpaired) electrons. The van der Waals surface area contributed by atoms with Gasteiger partial charge in [0.1, 0.15) is 5.15 Å². The van der Waals surface area contributed by atoms with E-state index in [0.29, 0.717) is 18.1 Å². The number of amides is 1. The van der Waals surface area contributed by atoms with Gasteiger partial charge >= 0.3 is 0 Å². The van der Waals surface area contributed by atoms with E-state index >= 15 is 0 Å². The molecule has 0 saturated carbocycles. The number of aromatic nitrogens is 1. The average Bonchev–Trinajstić information content (AvgIpc) is 2.62. The third kappa shape index (κ3) is 2.68. The van der Waals surface area contributed by atoms with Gasteiger partial charge in [-0.05, 0) is 36.1 Å². The highest BCUT2D eigenvalue weighted by molar-refractivity contribution is 6.29. The number of halogens is 1. The second kappa shape index (κ2) is 5.63. The van der Waals surface area contributed by atoms with Crippen molar-refractivity contribution in [1.82, 2.24) is 4.98 Å². The molecule has 0 aliphatic carbocycles. The van der Waals surface area contributed by atoms with Crippen LogP contribution in [-0.4, -0.2) is 10.9 Å². The molecule has 0 unspecified atom stereocenters. The molecular formula is C16H15ClN2O. The molecule has 102 valence electrons. The van der Waals surface area contributed by atoms with E-state index < -0.39 is 0 Å². The lowest BCUT2D eigenvalue weighted by Crippen LogP contribution is -2.29. The molecule has 0 bridgehead atoms. The predicted octanol–water partition coefficient (Wildman–Crippen LogP) is 3.60. The van der Waals surface area contributed by atoms with E-state index in [0.717, 1.165) is 24.1 Å². The molecule has 1 aromatic carbocycles. The van der Waals surface area contributed by atoms with Crippen molar-refractivity contribution in [3.05, 3.63) is 58.9 Å². The number of aryl methyl sites for hydroxylation is 1. The van der Waals surface area contributed by atoms with E-state index in [2.05, 4.69) is 11.1 Å². The minimum Gasteiger partial charge on any atom is -0.308 e. The molecule has 1 aromatic heterocycles. The lowest BCUT2D eigenvalue weighted by Gasteiger charge is -2.23. The van der Waals surface area contributed by atoms with Crippen molar-refractivity contribution in [3.8, 4) is 0 Å². The van der Waals surface area contributed by atoms with Crippen LogP contribution in [0.2, 0.25) is 5.15 Å². The SMILES string of the molecule is O=C1CCCc2ccccc2N1Cc1ccc(Cl)nc1. The first kappa shape index (κ1) is 13.1. The molecule has 1 amide bonds. The van der Waals surface area contributed by atoms with E-state index in [1.165, 1.54) is 5.56 Å². The molecule has 0 saturated heterocycles. The zero-order valence-electron chi connectivity index (χ0n) is 11.1. The van der Waals surface area contributed by atoms with Gasteiger partial charge in [0.2, 0.25) is 5.91 Å². The first-order valence-electron chi connectivity index (χ1n) is 6.73. The maximum Gasteiger partial charge on any atom is 0.227 e. The molecule has 3 rings (SSSR count). The Bertz CT molecular complexity index is 625.